The predicted octanol–water partition coefficient (Wildman–Crippen LogP) is 2.77. The van der Waals surface area contributed by atoms with Gasteiger partial charge in [0.1, 0.15) is 12.4 Å². The number of nitrogen functional groups attached to an aromatic ring is 1. The Bertz CT molecular complexity index is 390. The van der Waals surface area contributed by atoms with E-state index in [0.717, 1.165) is 18.0 Å². The predicted molar refractivity (Wildman–Crippen MR) is 75.8 cm³/mol. The van der Waals surface area contributed by atoms with E-state index >= 15 is 0 Å². The highest BCUT2D eigenvalue weighted by atomic mass is 16.5. The Kier molecular flexibility index (Phi) is 4.12. The van der Waals surface area contributed by atoms with Crippen LogP contribution in [-0.4, -0.2) is 31.1 Å². The van der Waals surface area contributed by atoms with Crippen molar-refractivity contribution in [3.63, 3.8) is 0 Å². The van der Waals surface area contributed by atoms with Crippen LogP contribution in [0.25, 0.3) is 0 Å². The summed E-state index contributed by atoms with van der Waals surface area (Å²) in [5.41, 5.74) is 7.01. The van der Waals surface area contributed by atoms with Gasteiger partial charge in [-0.15, -0.1) is 0 Å². The lowest BCUT2D eigenvalue weighted by molar-refractivity contribution is 0.102. The molecule has 2 N–H and O–H groups in total. The second kappa shape index (κ2) is 5.61. The Morgan fingerprint density at radius 1 is 1.33 bits per heavy atom. The molecule has 0 amide bonds. The molecule has 1 saturated heterocycles. The van der Waals surface area contributed by atoms with E-state index in [0.29, 0.717) is 12.0 Å². The van der Waals surface area contributed by atoms with Crippen LogP contribution in [0.1, 0.15) is 26.7 Å². The third-order valence-electron chi connectivity index (χ3n) is 3.56. The summed E-state index contributed by atoms with van der Waals surface area (Å²) in [7, 11) is 0. The Morgan fingerprint density at radius 2 is 2.11 bits per heavy atom. The molecule has 1 aromatic carbocycles. The summed E-state index contributed by atoms with van der Waals surface area (Å²) in [6.45, 7) is 8.74. The summed E-state index contributed by atoms with van der Waals surface area (Å²) in [5.74, 6) is 0.800. The van der Waals surface area contributed by atoms with Crippen molar-refractivity contribution in [1.82, 2.24) is 4.90 Å². The number of nitrogens with zero attached hydrogens (tertiary/aromatic N) is 1. The van der Waals surface area contributed by atoms with E-state index in [1.54, 1.807) is 0 Å². The maximum absolute atomic E-state index is 5.84. The molecule has 0 spiro atoms. The first-order valence-corrected chi connectivity index (χ1v) is 6.76. The lowest BCUT2D eigenvalue weighted by Crippen LogP contribution is -2.41. The van der Waals surface area contributed by atoms with E-state index < -0.39 is 0 Å². The van der Waals surface area contributed by atoms with E-state index in [1.165, 1.54) is 25.9 Å². The molecule has 0 radical (unpaired) electrons. The fourth-order valence-electron chi connectivity index (χ4n) is 2.63. The van der Waals surface area contributed by atoms with Gasteiger partial charge < -0.3 is 10.5 Å². The Balaban J connectivity index is 1.77. The minimum atomic E-state index is 0.448. The molecular weight excluding hydrogens is 224 g/mol. The van der Waals surface area contributed by atoms with Crippen molar-refractivity contribution in [1.29, 1.82) is 0 Å². The maximum Gasteiger partial charge on any atom is 0.142 e. The Morgan fingerprint density at radius 3 is 2.83 bits per heavy atom. The number of hydrogen-bond acceptors (Lipinski definition) is 3. The van der Waals surface area contributed by atoms with Gasteiger partial charge in [0, 0.05) is 13.1 Å². The Labute approximate surface area is 110 Å². The monoisotopic (exact) mass is 248 g/mol. The van der Waals surface area contributed by atoms with Gasteiger partial charge in [-0.25, -0.2) is 0 Å². The molecule has 0 unspecified atom stereocenters. The quantitative estimate of drug-likeness (QED) is 0.833. The maximum atomic E-state index is 5.84. The van der Waals surface area contributed by atoms with Gasteiger partial charge in [0.15, 0.2) is 0 Å². The highest BCUT2D eigenvalue weighted by Crippen LogP contribution is 2.28. The third-order valence-corrected chi connectivity index (χ3v) is 3.56. The van der Waals surface area contributed by atoms with Crippen LogP contribution in [0.2, 0.25) is 0 Å². The van der Waals surface area contributed by atoms with Gasteiger partial charge in [-0.1, -0.05) is 26.0 Å². The summed E-state index contributed by atoms with van der Waals surface area (Å²) in [6.07, 6.45) is 2.62. The zero-order chi connectivity index (χ0) is 13.0. The molecule has 2 rings (SSSR count). The lowest BCUT2D eigenvalue weighted by atomic mass is 9.84. The van der Waals surface area contributed by atoms with Gasteiger partial charge >= 0.3 is 0 Å². The van der Waals surface area contributed by atoms with Gasteiger partial charge in [0.05, 0.1) is 5.69 Å². The van der Waals surface area contributed by atoms with Crippen molar-refractivity contribution in [2.45, 2.75) is 26.7 Å². The van der Waals surface area contributed by atoms with E-state index in [4.69, 9.17) is 10.5 Å². The number of piperidine rings is 1. The first-order chi connectivity index (χ1) is 8.57. The fourth-order valence-corrected chi connectivity index (χ4v) is 2.63. The average Bonchev–Trinajstić information content (AvgIpc) is 2.30. The van der Waals surface area contributed by atoms with E-state index in [9.17, 15) is 0 Å². The zero-order valence-corrected chi connectivity index (χ0v) is 11.5. The molecule has 0 atom stereocenters. The van der Waals surface area contributed by atoms with Gasteiger partial charge in [-0.05, 0) is 36.9 Å². The fraction of sp³-hybridized carbons (Fsp3) is 0.600. The number of hydrogen-bond donors (Lipinski definition) is 1. The van der Waals surface area contributed by atoms with E-state index in [-0.39, 0.29) is 0 Å². The Hall–Kier alpha value is -1.22. The number of para-hydroxylation sites is 2. The second-order valence-electron chi connectivity index (χ2n) is 5.93. The van der Waals surface area contributed by atoms with E-state index in [2.05, 4.69) is 18.7 Å². The summed E-state index contributed by atoms with van der Waals surface area (Å²) in [4.78, 5) is 2.49. The van der Waals surface area contributed by atoms with Crippen molar-refractivity contribution in [3.05, 3.63) is 24.3 Å². The molecular formula is C15H24N2O. The lowest BCUT2D eigenvalue weighted by Gasteiger charge is -2.37. The third kappa shape index (κ3) is 3.64. The number of benzene rings is 1. The first kappa shape index (κ1) is 13.2. The average molecular weight is 248 g/mol. The summed E-state index contributed by atoms with van der Waals surface area (Å²) < 4.78 is 5.74. The van der Waals surface area contributed by atoms with Crippen LogP contribution < -0.4 is 10.5 Å². The van der Waals surface area contributed by atoms with Crippen LogP contribution in [0.5, 0.6) is 5.75 Å². The summed E-state index contributed by atoms with van der Waals surface area (Å²) in [5, 5.41) is 0. The number of rotatable bonds is 4. The van der Waals surface area contributed by atoms with Crippen LogP contribution >= 0.6 is 0 Å². The summed E-state index contributed by atoms with van der Waals surface area (Å²) in [6, 6.07) is 7.68. The molecule has 1 aliphatic rings. The largest absolute Gasteiger partial charge is 0.490 e. The number of nitrogens with two attached hydrogens (primary N) is 1. The number of ether oxygens (including phenoxy) is 1. The molecule has 1 aromatic rings. The second-order valence-corrected chi connectivity index (χ2v) is 5.93. The molecule has 18 heavy (non-hydrogen) atoms. The topological polar surface area (TPSA) is 38.5 Å². The van der Waals surface area contributed by atoms with Crippen LogP contribution in [-0.2, 0) is 0 Å². The van der Waals surface area contributed by atoms with Crippen molar-refractivity contribution in [3.8, 4) is 5.75 Å². The van der Waals surface area contributed by atoms with Crippen LogP contribution in [0, 0.1) is 5.41 Å². The van der Waals surface area contributed by atoms with Crippen molar-refractivity contribution < 1.29 is 4.74 Å². The molecule has 1 fully saturated rings. The van der Waals surface area contributed by atoms with Crippen LogP contribution in [0.15, 0.2) is 24.3 Å². The van der Waals surface area contributed by atoms with Crippen LogP contribution in [0.3, 0.4) is 0 Å². The van der Waals surface area contributed by atoms with Crippen LogP contribution in [0.4, 0.5) is 5.69 Å². The molecule has 0 saturated carbocycles. The molecule has 1 heterocycles. The zero-order valence-electron chi connectivity index (χ0n) is 11.5. The molecule has 0 bridgehead atoms. The molecule has 3 nitrogen and oxygen atoms in total. The minimum absolute atomic E-state index is 0.448. The smallest absolute Gasteiger partial charge is 0.142 e. The molecule has 100 valence electrons. The molecule has 1 aliphatic heterocycles. The van der Waals surface area contributed by atoms with Crippen molar-refractivity contribution in [2.75, 3.05) is 32.0 Å². The first-order valence-electron chi connectivity index (χ1n) is 6.76. The minimum Gasteiger partial charge on any atom is -0.490 e. The van der Waals surface area contributed by atoms with Crippen molar-refractivity contribution in [2.24, 2.45) is 5.41 Å². The highest BCUT2D eigenvalue weighted by molar-refractivity contribution is 5.51. The number of anilines is 1. The van der Waals surface area contributed by atoms with Gasteiger partial charge in [0.25, 0.3) is 0 Å². The van der Waals surface area contributed by atoms with Gasteiger partial charge in [-0.2, -0.15) is 0 Å². The molecule has 0 aromatic heterocycles. The molecule has 3 heteroatoms. The van der Waals surface area contributed by atoms with Crippen molar-refractivity contribution >= 4 is 5.69 Å². The van der Waals surface area contributed by atoms with Gasteiger partial charge in [0.2, 0.25) is 0 Å². The molecule has 0 aliphatic carbocycles. The van der Waals surface area contributed by atoms with E-state index in [1.807, 2.05) is 24.3 Å². The SMILES string of the molecule is CC1(C)CCCN(CCOc2ccccc2N)C1. The summed E-state index contributed by atoms with van der Waals surface area (Å²) >= 11 is 0. The van der Waals surface area contributed by atoms with Gasteiger partial charge in [-0.3, -0.25) is 4.90 Å². The standard InChI is InChI=1S/C15H24N2O/c1-15(2)8-5-9-17(12-15)10-11-18-14-7-4-3-6-13(14)16/h3-4,6-7H,5,8-12,16H2,1-2H3. The normalized spacial score (nSPS) is 19.7. The number of likely N-dealkylation sites (tertiary alicyclic amines) is 1. The highest BCUT2D eigenvalue weighted by Gasteiger charge is 2.25.